The van der Waals surface area contributed by atoms with Crippen LogP contribution in [0.3, 0.4) is 0 Å². The third-order valence-corrected chi connectivity index (χ3v) is 4.08. The van der Waals surface area contributed by atoms with Crippen LogP contribution in [-0.4, -0.2) is 28.0 Å². The molecule has 0 bridgehead atoms. The van der Waals surface area contributed by atoms with Gasteiger partial charge in [0.25, 0.3) is 0 Å². The third kappa shape index (κ3) is 3.56. The fraction of sp³-hybridized carbons (Fsp3) is 0.308. The van der Waals surface area contributed by atoms with Gasteiger partial charge in [-0.25, -0.2) is 0 Å². The molecule has 1 aromatic carbocycles. The molecule has 0 aliphatic carbocycles. The second kappa shape index (κ2) is 6.34. The largest absolute Gasteiger partial charge is 0.423 e. The van der Waals surface area contributed by atoms with E-state index >= 15 is 0 Å². The van der Waals surface area contributed by atoms with Crippen molar-refractivity contribution in [1.82, 2.24) is 15.0 Å². The van der Waals surface area contributed by atoms with E-state index in [-0.39, 0.29) is 11.3 Å². The Balaban J connectivity index is 1.87. The third-order valence-electron chi connectivity index (χ3n) is 3.06. The fourth-order valence-electron chi connectivity index (χ4n) is 2.08. The van der Waals surface area contributed by atoms with Crippen LogP contribution in [-0.2, 0) is 0 Å². The molecular formula is C13H11BrCl2N4O. The molecule has 3 rings (SSSR count). The van der Waals surface area contributed by atoms with Gasteiger partial charge in [0.1, 0.15) is 5.75 Å². The lowest BCUT2D eigenvalue weighted by Gasteiger charge is -2.15. The van der Waals surface area contributed by atoms with Gasteiger partial charge in [0.15, 0.2) is 0 Å². The van der Waals surface area contributed by atoms with Crippen LogP contribution in [0.25, 0.3) is 0 Å². The molecule has 0 radical (unpaired) electrons. The summed E-state index contributed by atoms with van der Waals surface area (Å²) >= 11 is 15.2. The van der Waals surface area contributed by atoms with Crippen molar-refractivity contribution in [2.75, 3.05) is 18.0 Å². The monoisotopic (exact) mass is 388 g/mol. The quantitative estimate of drug-likeness (QED) is 0.781. The van der Waals surface area contributed by atoms with Crippen molar-refractivity contribution in [2.45, 2.75) is 12.8 Å². The maximum atomic E-state index is 5.96. The minimum absolute atomic E-state index is 0.118. The van der Waals surface area contributed by atoms with E-state index in [1.165, 1.54) is 0 Å². The first-order chi connectivity index (χ1) is 10.1. The Labute approximate surface area is 140 Å². The van der Waals surface area contributed by atoms with Crippen molar-refractivity contribution in [2.24, 2.45) is 0 Å². The maximum absolute atomic E-state index is 5.96. The van der Waals surface area contributed by atoms with E-state index in [1.807, 2.05) is 0 Å². The number of anilines is 1. The molecule has 0 unspecified atom stereocenters. The summed E-state index contributed by atoms with van der Waals surface area (Å²) in [6.07, 6.45) is 2.25. The predicted octanol–water partition coefficient (Wildman–Crippen LogP) is 4.33. The molecule has 0 atom stereocenters. The number of hydrogen-bond donors (Lipinski definition) is 0. The minimum atomic E-state index is 0.118. The lowest BCUT2D eigenvalue weighted by molar-refractivity contribution is 0.437. The van der Waals surface area contributed by atoms with E-state index < -0.39 is 0 Å². The van der Waals surface area contributed by atoms with E-state index in [2.05, 4.69) is 35.8 Å². The summed E-state index contributed by atoms with van der Waals surface area (Å²) in [4.78, 5) is 14.5. The highest BCUT2D eigenvalue weighted by Crippen LogP contribution is 2.31. The average Bonchev–Trinajstić information content (AvgIpc) is 2.95. The van der Waals surface area contributed by atoms with Crippen molar-refractivity contribution in [3.8, 4) is 11.8 Å². The Morgan fingerprint density at radius 2 is 1.86 bits per heavy atom. The van der Waals surface area contributed by atoms with Crippen LogP contribution in [0.5, 0.6) is 11.8 Å². The van der Waals surface area contributed by atoms with Gasteiger partial charge in [0.05, 0.1) is 4.47 Å². The predicted molar refractivity (Wildman–Crippen MR) is 85.5 cm³/mol. The molecule has 1 aromatic heterocycles. The van der Waals surface area contributed by atoms with E-state index in [1.54, 1.807) is 18.2 Å². The van der Waals surface area contributed by atoms with Gasteiger partial charge in [-0.05, 0) is 58.6 Å². The zero-order chi connectivity index (χ0) is 14.8. The number of aromatic nitrogens is 3. The molecular weight excluding hydrogens is 379 g/mol. The van der Waals surface area contributed by atoms with Crippen LogP contribution in [0.4, 0.5) is 5.95 Å². The molecule has 1 fully saturated rings. The SMILES string of the molecule is Clc1ccc(Oc2nc(Cl)nc(N3CCCC3)n2)c(Br)c1. The first kappa shape index (κ1) is 14.8. The maximum Gasteiger partial charge on any atom is 0.328 e. The Bertz CT molecular complexity index is 665. The summed E-state index contributed by atoms with van der Waals surface area (Å²) in [5.74, 6) is 1.11. The van der Waals surface area contributed by atoms with Crippen molar-refractivity contribution < 1.29 is 4.74 Å². The van der Waals surface area contributed by atoms with Crippen molar-refractivity contribution in [3.05, 3.63) is 33.0 Å². The zero-order valence-corrected chi connectivity index (χ0v) is 14.0. The highest BCUT2D eigenvalue weighted by atomic mass is 79.9. The topological polar surface area (TPSA) is 51.1 Å². The second-order valence-corrected chi connectivity index (χ2v) is 6.19. The smallest absolute Gasteiger partial charge is 0.328 e. The molecule has 1 saturated heterocycles. The van der Waals surface area contributed by atoms with Crippen LogP contribution >= 0.6 is 39.1 Å². The van der Waals surface area contributed by atoms with Gasteiger partial charge in [-0.1, -0.05) is 11.6 Å². The number of ether oxygens (including phenoxy) is 1. The molecule has 0 saturated carbocycles. The van der Waals surface area contributed by atoms with Crippen LogP contribution in [0.2, 0.25) is 10.3 Å². The van der Waals surface area contributed by atoms with Crippen LogP contribution in [0.15, 0.2) is 22.7 Å². The normalized spacial score (nSPS) is 14.5. The summed E-state index contributed by atoms with van der Waals surface area (Å²) in [7, 11) is 0. The standard InChI is InChI=1S/C13H11BrCl2N4O/c14-9-7-8(15)3-4-10(9)21-13-18-11(16)17-12(19-13)20-5-1-2-6-20/h3-4,7H,1-2,5-6H2. The van der Waals surface area contributed by atoms with Gasteiger partial charge in [-0.3, -0.25) is 0 Å². The van der Waals surface area contributed by atoms with Gasteiger partial charge < -0.3 is 9.64 Å². The van der Waals surface area contributed by atoms with Gasteiger partial charge in [0, 0.05) is 18.1 Å². The number of nitrogens with zero attached hydrogens (tertiary/aromatic N) is 4. The molecule has 0 amide bonds. The molecule has 0 spiro atoms. The summed E-state index contributed by atoms with van der Waals surface area (Å²) < 4.78 is 6.38. The van der Waals surface area contributed by atoms with Crippen molar-refractivity contribution in [1.29, 1.82) is 0 Å². The molecule has 1 aliphatic rings. The minimum Gasteiger partial charge on any atom is -0.423 e. The van der Waals surface area contributed by atoms with Crippen LogP contribution < -0.4 is 9.64 Å². The average molecular weight is 390 g/mol. The van der Waals surface area contributed by atoms with Gasteiger partial charge >= 0.3 is 6.01 Å². The lowest BCUT2D eigenvalue weighted by Crippen LogP contribution is -2.21. The van der Waals surface area contributed by atoms with Crippen LogP contribution in [0.1, 0.15) is 12.8 Å². The summed E-state index contributed by atoms with van der Waals surface area (Å²) in [5.41, 5.74) is 0. The highest BCUT2D eigenvalue weighted by Gasteiger charge is 2.18. The fourth-order valence-corrected chi connectivity index (χ4v) is 2.99. The van der Waals surface area contributed by atoms with E-state index in [0.717, 1.165) is 25.9 Å². The lowest BCUT2D eigenvalue weighted by atomic mass is 10.3. The number of rotatable bonds is 3. The molecule has 5 nitrogen and oxygen atoms in total. The Kier molecular flexibility index (Phi) is 4.47. The highest BCUT2D eigenvalue weighted by molar-refractivity contribution is 9.10. The summed E-state index contributed by atoms with van der Waals surface area (Å²) in [6.45, 7) is 1.84. The number of halogens is 3. The van der Waals surface area contributed by atoms with E-state index in [0.29, 0.717) is 21.2 Å². The van der Waals surface area contributed by atoms with Gasteiger partial charge in [-0.15, -0.1) is 0 Å². The first-order valence-electron chi connectivity index (χ1n) is 6.41. The second-order valence-electron chi connectivity index (χ2n) is 4.56. The van der Waals surface area contributed by atoms with Crippen LogP contribution in [0, 0.1) is 0 Å². The molecule has 1 aliphatic heterocycles. The Hall–Kier alpha value is -1.11. The Morgan fingerprint density at radius 1 is 1.10 bits per heavy atom. The molecule has 0 N–H and O–H groups in total. The van der Waals surface area contributed by atoms with Crippen molar-refractivity contribution >= 4 is 45.1 Å². The molecule has 110 valence electrons. The Morgan fingerprint density at radius 3 is 2.57 bits per heavy atom. The van der Waals surface area contributed by atoms with Gasteiger partial charge in [-0.2, -0.15) is 15.0 Å². The molecule has 8 heteroatoms. The summed E-state index contributed by atoms with van der Waals surface area (Å²) in [6, 6.07) is 5.37. The molecule has 21 heavy (non-hydrogen) atoms. The number of benzene rings is 1. The summed E-state index contributed by atoms with van der Waals surface area (Å²) in [5, 5.41) is 0.729. The van der Waals surface area contributed by atoms with Gasteiger partial charge in [0.2, 0.25) is 11.2 Å². The zero-order valence-electron chi connectivity index (χ0n) is 10.9. The van der Waals surface area contributed by atoms with E-state index in [9.17, 15) is 0 Å². The molecule has 2 aromatic rings. The number of hydrogen-bond acceptors (Lipinski definition) is 5. The van der Waals surface area contributed by atoms with Crippen molar-refractivity contribution in [3.63, 3.8) is 0 Å². The molecule has 2 heterocycles. The van der Waals surface area contributed by atoms with E-state index in [4.69, 9.17) is 27.9 Å². The first-order valence-corrected chi connectivity index (χ1v) is 7.96.